The van der Waals surface area contributed by atoms with E-state index in [0.29, 0.717) is 37.6 Å². The number of nitrogens with zero attached hydrogens (tertiary/aromatic N) is 2. The Kier molecular flexibility index (Phi) is 9.25. The van der Waals surface area contributed by atoms with Gasteiger partial charge in [-0.3, -0.25) is 4.98 Å². The Labute approximate surface area is 221 Å². The Hall–Kier alpha value is -2.72. The number of ether oxygens (including phenoxy) is 1. The van der Waals surface area contributed by atoms with Crippen LogP contribution in [0.3, 0.4) is 0 Å². The van der Waals surface area contributed by atoms with E-state index in [1.165, 1.54) is 0 Å². The summed E-state index contributed by atoms with van der Waals surface area (Å²) >= 11 is 0. The molecule has 1 atom stereocenters. The molecule has 2 heterocycles. The molecule has 0 saturated carbocycles. The maximum atomic E-state index is 13.9. The molecule has 2 aromatic carbocycles. The number of aromatic nitrogens is 1. The maximum Gasteiger partial charge on any atom is 0.162 e. The molecule has 1 aliphatic heterocycles. The quantitative estimate of drug-likeness (QED) is 0.312. The highest BCUT2D eigenvalue weighted by Crippen LogP contribution is 2.39. The summed E-state index contributed by atoms with van der Waals surface area (Å²) in [5.74, 6) is -2.25. The van der Waals surface area contributed by atoms with E-state index in [1.807, 2.05) is 18.2 Å². The summed E-state index contributed by atoms with van der Waals surface area (Å²) in [5.41, 5.74) is 8.00. The molecule has 1 saturated heterocycles. The number of aliphatic hydroxyl groups is 2. The number of methoxy groups -OCH3 is 1. The largest absolute Gasteiger partial charge is 0.497 e. The molecular weight excluding hydrogens is 495 g/mol. The van der Waals surface area contributed by atoms with Crippen molar-refractivity contribution in [3.8, 4) is 5.75 Å². The first-order valence-electron chi connectivity index (χ1n) is 13.1. The van der Waals surface area contributed by atoms with Crippen LogP contribution in [0.15, 0.2) is 36.5 Å². The zero-order valence-corrected chi connectivity index (χ0v) is 21.7. The second kappa shape index (κ2) is 12.4. The summed E-state index contributed by atoms with van der Waals surface area (Å²) in [6.45, 7) is 2.45. The van der Waals surface area contributed by atoms with E-state index < -0.39 is 23.6 Å². The second-order valence-corrected chi connectivity index (χ2v) is 10.3. The highest BCUT2D eigenvalue weighted by Gasteiger charge is 2.34. The van der Waals surface area contributed by atoms with Crippen LogP contribution in [-0.2, 0) is 13.0 Å². The van der Waals surface area contributed by atoms with Crippen molar-refractivity contribution in [2.45, 2.75) is 51.2 Å². The standard InChI is InChI=1S/C29H36F3N3O3/c1-38-22-4-5-25-23(15-22)27(20(16-33)17-34-25)26(37)6-7-29(18-36)8-11-35(12-9-29)10-2-3-19-13-21(30)14-24(31)28(19)32/h4-5,13-15,17,26,36-37H,2-3,6-12,16,18,33H2,1H3/t26-/m1/s1. The average molecular weight is 532 g/mol. The molecule has 0 amide bonds. The summed E-state index contributed by atoms with van der Waals surface area (Å²) in [6, 6.07) is 7.16. The summed E-state index contributed by atoms with van der Waals surface area (Å²) < 4.78 is 46.2. The smallest absolute Gasteiger partial charge is 0.162 e. The van der Waals surface area contributed by atoms with Gasteiger partial charge in [-0.15, -0.1) is 0 Å². The van der Waals surface area contributed by atoms with E-state index in [0.717, 1.165) is 54.0 Å². The van der Waals surface area contributed by atoms with Crippen LogP contribution in [0.5, 0.6) is 5.75 Å². The van der Waals surface area contributed by atoms with Gasteiger partial charge in [-0.25, -0.2) is 13.2 Å². The van der Waals surface area contributed by atoms with Gasteiger partial charge in [0.1, 0.15) is 11.6 Å². The first-order chi connectivity index (χ1) is 18.3. The number of aryl methyl sites for hydroxylation is 1. The molecule has 4 N–H and O–H groups in total. The minimum atomic E-state index is -1.16. The fourth-order valence-corrected chi connectivity index (χ4v) is 5.53. The highest BCUT2D eigenvalue weighted by molar-refractivity contribution is 5.85. The van der Waals surface area contributed by atoms with Crippen molar-refractivity contribution in [2.75, 3.05) is 33.4 Å². The molecule has 0 radical (unpaired) electrons. The third-order valence-corrected chi connectivity index (χ3v) is 7.94. The highest BCUT2D eigenvalue weighted by atomic mass is 19.2. The number of hydrogen-bond donors (Lipinski definition) is 3. The van der Waals surface area contributed by atoms with E-state index in [9.17, 15) is 23.4 Å². The van der Waals surface area contributed by atoms with Crippen molar-refractivity contribution in [1.82, 2.24) is 9.88 Å². The first kappa shape index (κ1) is 28.3. The SMILES string of the molecule is COc1ccc2ncc(CN)c([C@H](O)CCC3(CO)CCN(CCCc4cc(F)cc(F)c4F)CC3)c2c1. The molecule has 206 valence electrons. The number of nitrogens with two attached hydrogens (primary N) is 1. The summed E-state index contributed by atoms with van der Waals surface area (Å²) in [7, 11) is 1.59. The molecule has 3 aromatic rings. The van der Waals surface area contributed by atoms with Gasteiger partial charge in [-0.05, 0) is 105 Å². The monoisotopic (exact) mass is 531 g/mol. The van der Waals surface area contributed by atoms with E-state index in [-0.39, 0.29) is 30.6 Å². The molecular formula is C29H36F3N3O3. The van der Waals surface area contributed by atoms with Gasteiger partial charge < -0.3 is 25.6 Å². The number of halogens is 3. The fourth-order valence-electron chi connectivity index (χ4n) is 5.53. The fraction of sp³-hybridized carbons (Fsp3) is 0.483. The van der Waals surface area contributed by atoms with Crippen LogP contribution in [0.4, 0.5) is 13.2 Å². The minimum absolute atomic E-state index is 0.0238. The van der Waals surface area contributed by atoms with Crippen molar-refractivity contribution < 1.29 is 28.1 Å². The topological polar surface area (TPSA) is 91.8 Å². The Bertz CT molecular complexity index is 1240. The molecule has 38 heavy (non-hydrogen) atoms. The lowest BCUT2D eigenvalue weighted by atomic mass is 9.74. The van der Waals surface area contributed by atoms with Gasteiger partial charge in [-0.2, -0.15) is 0 Å². The normalized spacial score (nSPS) is 16.6. The van der Waals surface area contributed by atoms with Gasteiger partial charge in [0.05, 0.1) is 18.7 Å². The third-order valence-electron chi connectivity index (χ3n) is 7.94. The number of benzene rings is 2. The number of pyridine rings is 1. The Morgan fingerprint density at radius 1 is 1.13 bits per heavy atom. The predicted molar refractivity (Wildman–Crippen MR) is 140 cm³/mol. The lowest BCUT2D eigenvalue weighted by molar-refractivity contribution is 0.0233. The van der Waals surface area contributed by atoms with Gasteiger partial charge in [-0.1, -0.05) is 0 Å². The van der Waals surface area contributed by atoms with Crippen LogP contribution in [0.2, 0.25) is 0 Å². The van der Waals surface area contributed by atoms with Gasteiger partial charge in [0.15, 0.2) is 11.6 Å². The van der Waals surface area contributed by atoms with E-state index in [2.05, 4.69) is 9.88 Å². The summed E-state index contributed by atoms with van der Waals surface area (Å²) in [4.78, 5) is 6.69. The van der Waals surface area contributed by atoms with E-state index in [1.54, 1.807) is 13.3 Å². The predicted octanol–water partition coefficient (Wildman–Crippen LogP) is 4.64. The molecule has 4 rings (SSSR count). The number of likely N-dealkylation sites (tertiary alicyclic amines) is 1. The zero-order valence-electron chi connectivity index (χ0n) is 21.7. The van der Waals surface area contributed by atoms with Crippen LogP contribution >= 0.6 is 0 Å². The molecule has 0 unspecified atom stereocenters. The van der Waals surface area contributed by atoms with Crippen molar-refractivity contribution in [3.05, 3.63) is 70.7 Å². The van der Waals surface area contributed by atoms with Crippen LogP contribution in [0, 0.1) is 22.9 Å². The van der Waals surface area contributed by atoms with Gasteiger partial charge in [0.25, 0.3) is 0 Å². The molecule has 9 heteroatoms. The number of piperidine rings is 1. The number of fused-ring (bicyclic) bond motifs is 1. The van der Waals surface area contributed by atoms with Crippen molar-refractivity contribution in [2.24, 2.45) is 11.1 Å². The van der Waals surface area contributed by atoms with Crippen LogP contribution in [0.25, 0.3) is 10.9 Å². The third kappa shape index (κ3) is 6.29. The number of hydrogen-bond acceptors (Lipinski definition) is 6. The second-order valence-electron chi connectivity index (χ2n) is 10.3. The average Bonchev–Trinajstić information content (AvgIpc) is 2.94. The van der Waals surface area contributed by atoms with Crippen LogP contribution in [-0.4, -0.2) is 53.4 Å². The molecule has 6 nitrogen and oxygen atoms in total. The molecule has 0 aliphatic carbocycles. The molecule has 1 aliphatic rings. The number of rotatable bonds is 11. The van der Waals surface area contributed by atoms with Crippen molar-refractivity contribution in [1.29, 1.82) is 0 Å². The summed E-state index contributed by atoms with van der Waals surface area (Å²) in [6.07, 6.45) is 4.39. The van der Waals surface area contributed by atoms with E-state index >= 15 is 0 Å². The van der Waals surface area contributed by atoms with Gasteiger partial charge >= 0.3 is 0 Å². The van der Waals surface area contributed by atoms with Crippen LogP contribution < -0.4 is 10.5 Å². The zero-order chi connectivity index (χ0) is 27.3. The number of aliphatic hydroxyl groups excluding tert-OH is 2. The Balaban J connectivity index is 1.35. The molecule has 1 fully saturated rings. The lowest BCUT2D eigenvalue weighted by Crippen LogP contribution is -2.42. The van der Waals surface area contributed by atoms with Gasteiger partial charge in [0, 0.05) is 30.8 Å². The minimum Gasteiger partial charge on any atom is -0.497 e. The maximum absolute atomic E-state index is 13.9. The van der Waals surface area contributed by atoms with Crippen molar-refractivity contribution in [3.63, 3.8) is 0 Å². The molecule has 1 aromatic heterocycles. The Morgan fingerprint density at radius 3 is 2.58 bits per heavy atom. The first-order valence-corrected chi connectivity index (χ1v) is 13.1. The van der Waals surface area contributed by atoms with E-state index in [4.69, 9.17) is 10.5 Å². The van der Waals surface area contributed by atoms with Gasteiger partial charge in [0.2, 0.25) is 0 Å². The van der Waals surface area contributed by atoms with Crippen molar-refractivity contribution >= 4 is 10.9 Å². The lowest BCUT2D eigenvalue weighted by Gasteiger charge is -2.41. The molecule has 0 bridgehead atoms. The van der Waals surface area contributed by atoms with Crippen LogP contribution in [0.1, 0.15) is 54.9 Å². The Morgan fingerprint density at radius 2 is 1.89 bits per heavy atom. The molecule has 0 spiro atoms. The summed E-state index contributed by atoms with van der Waals surface area (Å²) in [5, 5.41) is 22.4.